The summed E-state index contributed by atoms with van der Waals surface area (Å²) < 4.78 is 13.0. The van der Waals surface area contributed by atoms with E-state index in [0.717, 1.165) is 32.0 Å². The summed E-state index contributed by atoms with van der Waals surface area (Å²) in [6.07, 6.45) is 5.14. The third kappa shape index (κ3) is 4.46. The number of halogens is 1. The largest absolute Gasteiger partial charge is 0.368 e. The zero-order valence-electron chi connectivity index (χ0n) is 15.2. The van der Waals surface area contributed by atoms with E-state index < -0.39 is 0 Å². The Morgan fingerprint density at radius 2 is 1.79 bits per heavy atom. The molecule has 4 rings (SSSR count). The molecule has 3 N–H and O–H groups in total. The summed E-state index contributed by atoms with van der Waals surface area (Å²) in [5.74, 6) is 1.66. The quantitative estimate of drug-likeness (QED) is 0.678. The predicted octanol–water partition coefficient (Wildman–Crippen LogP) is 1.45. The van der Waals surface area contributed by atoms with E-state index in [1.807, 2.05) is 0 Å². The minimum atomic E-state index is -0.304. The minimum Gasteiger partial charge on any atom is -0.368 e. The van der Waals surface area contributed by atoms with Crippen LogP contribution in [0.4, 0.5) is 27.8 Å². The van der Waals surface area contributed by atoms with Gasteiger partial charge in [0.05, 0.1) is 12.7 Å². The number of piperazine rings is 1. The highest BCUT2D eigenvalue weighted by molar-refractivity contribution is 5.53. The molecule has 0 atom stereocenters. The molecule has 2 aromatic heterocycles. The van der Waals surface area contributed by atoms with Crippen LogP contribution in [0, 0.1) is 5.82 Å². The molecule has 1 aliphatic heterocycles. The van der Waals surface area contributed by atoms with Gasteiger partial charge >= 0.3 is 0 Å². The van der Waals surface area contributed by atoms with Gasteiger partial charge in [0.25, 0.3) is 0 Å². The fourth-order valence-corrected chi connectivity index (χ4v) is 3.02. The zero-order chi connectivity index (χ0) is 19.3. The molecular formula is C18H20FN9. The fourth-order valence-electron chi connectivity index (χ4n) is 3.02. The average molecular weight is 381 g/mol. The van der Waals surface area contributed by atoms with Crippen molar-refractivity contribution < 1.29 is 4.39 Å². The van der Waals surface area contributed by atoms with Crippen LogP contribution in [0.3, 0.4) is 0 Å². The summed E-state index contributed by atoms with van der Waals surface area (Å²) >= 11 is 0. The second kappa shape index (κ2) is 8.09. The Hall–Kier alpha value is -3.40. The summed E-state index contributed by atoms with van der Waals surface area (Å²) in [5, 5.41) is 3.03. The number of benzene rings is 1. The Morgan fingerprint density at radius 3 is 2.50 bits per heavy atom. The molecule has 1 aromatic carbocycles. The van der Waals surface area contributed by atoms with Gasteiger partial charge in [-0.15, -0.1) is 0 Å². The normalized spacial score (nSPS) is 14.8. The Bertz CT molecular complexity index is 912. The van der Waals surface area contributed by atoms with Crippen LogP contribution in [0.1, 0.15) is 5.82 Å². The summed E-state index contributed by atoms with van der Waals surface area (Å²) in [6, 6.07) is 5.95. The summed E-state index contributed by atoms with van der Waals surface area (Å²) in [4.78, 5) is 25.7. The third-order valence-corrected chi connectivity index (χ3v) is 4.41. The molecule has 0 saturated carbocycles. The van der Waals surface area contributed by atoms with Crippen molar-refractivity contribution in [3.63, 3.8) is 0 Å². The Kier molecular flexibility index (Phi) is 5.20. The van der Waals surface area contributed by atoms with Crippen molar-refractivity contribution in [1.29, 1.82) is 0 Å². The molecule has 1 fully saturated rings. The van der Waals surface area contributed by atoms with E-state index in [9.17, 15) is 4.39 Å². The van der Waals surface area contributed by atoms with Gasteiger partial charge in [-0.05, 0) is 24.3 Å². The van der Waals surface area contributed by atoms with Crippen LogP contribution in [-0.4, -0.2) is 56.0 Å². The first-order valence-corrected chi connectivity index (χ1v) is 8.92. The molecule has 1 saturated heterocycles. The molecule has 0 radical (unpaired) electrons. The lowest BCUT2D eigenvalue weighted by atomic mass is 10.3. The van der Waals surface area contributed by atoms with Crippen molar-refractivity contribution in [2.75, 3.05) is 42.1 Å². The summed E-state index contributed by atoms with van der Waals surface area (Å²) in [6.45, 7) is 3.96. The van der Waals surface area contributed by atoms with Crippen molar-refractivity contribution in [3.8, 4) is 0 Å². The van der Waals surface area contributed by atoms with Gasteiger partial charge < -0.3 is 16.0 Å². The van der Waals surface area contributed by atoms with Crippen molar-refractivity contribution in [2.24, 2.45) is 0 Å². The van der Waals surface area contributed by atoms with Crippen LogP contribution in [0.25, 0.3) is 0 Å². The topological polar surface area (TPSA) is 109 Å². The fraction of sp³-hybridized carbons (Fsp3) is 0.278. The van der Waals surface area contributed by atoms with Gasteiger partial charge in [-0.1, -0.05) is 0 Å². The van der Waals surface area contributed by atoms with E-state index >= 15 is 0 Å². The van der Waals surface area contributed by atoms with Crippen LogP contribution >= 0.6 is 0 Å². The first-order valence-electron chi connectivity index (χ1n) is 8.92. The SMILES string of the molecule is Nc1nc(CN2CCN(c3cnccn3)CC2)nc(Nc2ccc(F)cc2)n1. The highest BCUT2D eigenvalue weighted by Gasteiger charge is 2.19. The van der Waals surface area contributed by atoms with Gasteiger partial charge in [0, 0.05) is 44.3 Å². The Labute approximate surface area is 161 Å². The number of nitrogens with two attached hydrogens (primary N) is 1. The number of hydrogen-bond donors (Lipinski definition) is 2. The van der Waals surface area contributed by atoms with Gasteiger partial charge in [-0.2, -0.15) is 15.0 Å². The number of nitrogens with one attached hydrogen (secondary N) is 1. The van der Waals surface area contributed by atoms with Crippen LogP contribution in [0.5, 0.6) is 0 Å². The van der Waals surface area contributed by atoms with E-state index in [-0.39, 0.29) is 11.8 Å². The second-order valence-electron chi connectivity index (χ2n) is 6.39. The van der Waals surface area contributed by atoms with Crippen LogP contribution < -0.4 is 16.0 Å². The van der Waals surface area contributed by atoms with Crippen LogP contribution in [-0.2, 0) is 6.54 Å². The molecule has 9 nitrogen and oxygen atoms in total. The number of nitrogens with zero attached hydrogens (tertiary/aromatic N) is 7. The molecule has 28 heavy (non-hydrogen) atoms. The highest BCUT2D eigenvalue weighted by atomic mass is 19.1. The van der Waals surface area contributed by atoms with E-state index in [1.54, 1.807) is 30.7 Å². The van der Waals surface area contributed by atoms with Gasteiger partial charge in [-0.3, -0.25) is 9.88 Å². The molecule has 0 unspecified atom stereocenters. The molecule has 144 valence electrons. The number of anilines is 4. The predicted molar refractivity (Wildman–Crippen MR) is 103 cm³/mol. The number of hydrogen-bond acceptors (Lipinski definition) is 9. The van der Waals surface area contributed by atoms with Gasteiger partial charge in [-0.25, -0.2) is 9.37 Å². The lowest BCUT2D eigenvalue weighted by Gasteiger charge is -2.34. The standard InChI is InChI=1S/C18H20FN9/c19-13-1-3-14(4-2-13)23-18-25-15(24-17(20)26-18)12-27-7-9-28(10-8-27)16-11-21-5-6-22-16/h1-6,11H,7-10,12H2,(H3,20,23,24,25,26). The number of nitrogen functional groups attached to an aromatic ring is 1. The monoisotopic (exact) mass is 381 g/mol. The molecule has 3 heterocycles. The molecule has 0 bridgehead atoms. The van der Waals surface area contributed by atoms with Crippen LogP contribution in [0.15, 0.2) is 42.9 Å². The maximum atomic E-state index is 13.0. The van der Waals surface area contributed by atoms with Crippen LogP contribution in [0.2, 0.25) is 0 Å². The van der Waals surface area contributed by atoms with Gasteiger partial charge in [0.1, 0.15) is 17.5 Å². The molecule has 10 heteroatoms. The maximum Gasteiger partial charge on any atom is 0.232 e. The van der Waals surface area contributed by atoms with Crippen molar-refractivity contribution in [2.45, 2.75) is 6.54 Å². The molecule has 3 aromatic rings. The number of aromatic nitrogens is 5. The molecule has 0 amide bonds. The Morgan fingerprint density at radius 1 is 1.00 bits per heavy atom. The highest BCUT2D eigenvalue weighted by Crippen LogP contribution is 2.16. The van der Waals surface area contributed by atoms with E-state index in [1.165, 1.54) is 12.1 Å². The lowest BCUT2D eigenvalue weighted by molar-refractivity contribution is 0.243. The smallest absolute Gasteiger partial charge is 0.232 e. The zero-order valence-corrected chi connectivity index (χ0v) is 15.2. The van der Waals surface area contributed by atoms with Crippen molar-refractivity contribution in [3.05, 3.63) is 54.5 Å². The molecule has 1 aliphatic rings. The minimum absolute atomic E-state index is 0.146. The summed E-state index contributed by atoms with van der Waals surface area (Å²) in [7, 11) is 0. The Balaban J connectivity index is 1.38. The van der Waals surface area contributed by atoms with E-state index in [2.05, 4.69) is 40.0 Å². The first-order chi connectivity index (χ1) is 13.7. The van der Waals surface area contributed by atoms with Gasteiger partial charge in [0.15, 0.2) is 0 Å². The molecule has 0 spiro atoms. The maximum absolute atomic E-state index is 13.0. The average Bonchev–Trinajstić information content (AvgIpc) is 2.71. The first kappa shape index (κ1) is 18.0. The summed E-state index contributed by atoms with van der Waals surface area (Å²) in [5.41, 5.74) is 6.51. The third-order valence-electron chi connectivity index (χ3n) is 4.41. The van der Waals surface area contributed by atoms with Crippen molar-refractivity contribution in [1.82, 2.24) is 29.8 Å². The van der Waals surface area contributed by atoms with Crippen molar-refractivity contribution >= 4 is 23.4 Å². The molecular weight excluding hydrogens is 361 g/mol. The lowest BCUT2D eigenvalue weighted by Crippen LogP contribution is -2.46. The second-order valence-corrected chi connectivity index (χ2v) is 6.39. The number of rotatable bonds is 5. The van der Waals surface area contributed by atoms with Gasteiger partial charge in [0.2, 0.25) is 11.9 Å². The molecule has 0 aliphatic carbocycles. The van der Waals surface area contributed by atoms with E-state index in [0.29, 0.717) is 24.0 Å². The van der Waals surface area contributed by atoms with E-state index in [4.69, 9.17) is 5.73 Å².